The summed E-state index contributed by atoms with van der Waals surface area (Å²) in [4.78, 5) is 0. The summed E-state index contributed by atoms with van der Waals surface area (Å²) in [7, 11) is -6.92. The fourth-order valence-corrected chi connectivity index (χ4v) is 3.65. The van der Waals surface area contributed by atoms with E-state index < -0.39 is 20.2 Å². The molecule has 0 rings (SSSR count). The van der Waals surface area contributed by atoms with E-state index in [1.54, 1.807) is 24.3 Å². The maximum atomic E-state index is 11.5. The lowest BCUT2D eigenvalue weighted by atomic mass is 10.3. The first-order valence-corrected chi connectivity index (χ1v) is 11.5. The van der Waals surface area contributed by atoms with Gasteiger partial charge in [-0.25, -0.2) is 0 Å². The van der Waals surface area contributed by atoms with Crippen molar-refractivity contribution in [1.82, 2.24) is 0 Å². The molecule has 0 radical (unpaired) electrons. The first-order chi connectivity index (χ1) is 11.3. The van der Waals surface area contributed by atoms with Crippen molar-refractivity contribution in [3.63, 3.8) is 0 Å². The Kier molecular flexibility index (Phi) is 13.2. The summed E-state index contributed by atoms with van der Waals surface area (Å²) in [6, 6.07) is 0. The van der Waals surface area contributed by atoms with Crippen LogP contribution in [-0.4, -0.2) is 41.6 Å². The molecule has 0 aromatic carbocycles. The number of hydrogen-bond donors (Lipinski definition) is 0. The van der Waals surface area contributed by atoms with Gasteiger partial charge in [-0.15, -0.1) is 0 Å². The third kappa shape index (κ3) is 14.9. The predicted molar refractivity (Wildman–Crippen MR) is 96.8 cm³/mol. The topological polar surface area (TPSA) is 86.7 Å². The molecule has 0 fully saturated rings. The lowest BCUT2D eigenvalue weighted by Gasteiger charge is -2.02. The number of hydrogen-bond acceptors (Lipinski definition) is 6. The van der Waals surface area contributed by atoms with E-state index in [4.69, 9.17) is 8.37 Å². The van der Waals surface area contributed by atoms with Gasteiger partial charge in [0.15, 0.2) is 0 Å². The Bertz CT molecular complexity index is 509. The molecule has 0 atom stereocenters. The van der Waals surface area contributed by atoms with Crippen LogP contribution in [-0.2, 0) is 28.6 Å². The second-order valence-corrected chi connectivity index (χ2v) is 8.88. The molecule has 0 unspecified atom stereocenters. The van der Waals surface area contributed by atoms with E-state index >= 15 is 0 Å². The maximum Gasteiger partial charge on any atom is 0.267 e. The summed E-state index contributed by atoms with van der Waals surface area (Å²) in [5, 5.41) is 0. The number of unbranched alkanes of at least 4 members (excludes halogenated alkanes) is 4. The van der Waals surface area contributed by atoms with Crippen molar-refractivity contribution >= 4 is 20.2 Å². The molecule has 0 saturated carbocycles. The second kappa shape index (κ2) is 13.6. The SMILES string of the molecule is CCCCCS(=O)(=O)OCC=CC=CCOS(=O)(=O)CCCCC. The highest BCUT2D eigenvalue weighted by Crippen LogP contribution is 2.02. The van der Waals surface area contributed by atoms with Crippen LogP contribution in [0.3, 0.4) is 0 Å². The van der Waals surface area contributed by atoms with Crippen molar-refractivity contribution in [2.75, 3.05) is 24.7 Å². The lowest BCUT2D eigenvalue weighted by molar-refractivity contribution is 0.354. The van der Waals surface area contributed by atoms with Crippen LogP contribution in [0.25, 0.3) is 0 Å². The van der Waals surface area contributed by atoms with Gasteiger partial charge in [0.1, 0.15) is 0 Å². The standard InChI is InChI=1S/C16H30O6S2/c1-3-5-11-15-23(17,18)21-13-9-7-8-10-14-22-24(19,20)16-12-6-4-2/h7-10H,3-6,11-16H2,1-2H3. The minimum absolute atomic E-state index is 0.0328. The van der Waals surface area contributed by atoms with Crippen molar-refractivity contribution in [3.8, 4) is 0 Å². The van der Waals surface area contributed by atoms with Gasteiger partial charge >= 0.3 is 0 Å². The Labute approximate surface area is 147 Å². The van der Waals surface area contributed by atoms with Crippen LogP contribution in [0, 0.1) is 0 Å². The predicted octanol–water partition coefficient (Wildman–Crippen LogP) is 3.17. The zero-order valence-corrected chi connectivity index (χ0v) is 16.3. The highest BCUT2D eigenvalue weighted by atomic mass is 32.2. The summed E-state index contributed by atoms with van der Waals surface area (Å²) >= 11 is 0. The average Bonchev–Trinajstić information content (AvgIpc) is 2.50. The van der Waals surface area contributed by atoms with E-state index in [0.717, 1.165) is 25.7 Å². The van der Waals surface area contributed by atoms with Crippen LogP contribution >= 0.6 is 0 Å². The van der Waals surface area contributed by atoms with Crippen molar-refractivity contribution < 1.29 is 25.2 Å². The smallest absolute Gasteiger partial charge is 0.266 e. The zero-order valence-electron chi connectivity index (χ0n) is 14.6. The maximum absolute atomic E-state index is 11.5. The normalized spacial score (nSPS) is 13.2. The molecule has 24 heavy (non-hydrogen) atoms. The van der Waals surface area contributed by atoms with Crippen LogP contribution in [0.1, 0.15) is 52.4 Å². The molecule has 0 aliphatic carbocycles. The van der Waals surface area contributed by atoms with E-state index in [0.29, 0.717) is 12.8 Å². The third-order valence-electron chi connectivity index (χ3n) is 3.07. The van der Waals surface area contributed by atoms with E-state index in [9.17, 15) is 16.8 Å². The molecule has 6 nitrogen and oxygen atoms in total. The molecule has 0 amide bonds. The molecule has 0 heterocycles. The number of allylic oxidation sites excluding steroid dienone is 2. The molecule has 0 aromatic rings. The quantitative estimate of drug-likeness (QED) is 0.246. The van der Waals surface area contributed by atoms with E-state index in [-0.39, 0.29) is 24.7 Å². The van der Waals surface area contributed by atoms with Crippen molar-refractivity contribution in [2.45, 2.75) is 52.4 Å². The largest absolute Gasteiger partial charge is 0.267 e. The first-order valence-electron chi connectivity index (χ1n) is 8.39. The third-order valence-corrected chi connectivity index (χ3v) is 5.63. The van der Waals surface area contributed by atoms with E-state index in [2.05, 4.69) is 0 Å². The highest BCUT2D eigenvalue weighted by Gasteiger charge is 2.09. The minimum Gasteiger partial charge on any atom is -0.266 e. The fourth-order valence-electron chi connectivity index (χ4n) is 1.73. The van der Waals surface area contributed by atoms with Gasteiger partial charge < -0.3 is 0 Å². The van der Waals surface area contributed by atoms with Crippen molar-refractivity contribution in [2.24, 2.45) is 0 Å². The Morgan fingerprint density at radius 3 is 1.38 bits per heavy atom. The summed E-state index contributed by atoms with van der Waals surface area (Å²) in [5.74, 6) is 0.0719. The lowest BCUT2D eigenvalue weighted by Crippen LogP contribution is -2.10. The molecule has 8 heteroatoms. The molecule has 0 aromatic heterocycles. The first kappa shape index (κ1) is 23.3. The van der Waals surface area contributed by atoms with Gasteiger partial charge in [0.25, 0.3) is 20.2 Å². The Morgan fingerprint density at radius 1 is 0.667 bits per heavy atom. The van der Waals surface area contributed by atoms with E-state index in [1.165, 1.54) is 0 Å². The summed E-state index contributed by atoms with van der Waals surface area (Å²) < 4.78 is 55.6. The van der Waals surface area contributed by atoms with Gasteiger partial charge in [-0.1, -0.05) is 63.8 Å². The van der Waals surface area contributed by atoms with Gasteiger partial charge in [-0.3, -0.25) is 8.37 Å². The highest BCUT2D eigenvalue weighted by molar-refractivity contribution is 7.86. The summed E-state index contributed by atoms with van der Waals surface area (Å²) in [5.41, 5.74) is 0. The Morgan fingerprint density at radius 2 is 1.04 bits per heavy atom. The summed E-state index contributed by atoms with van der Waals surface area (Å²) in [6.07, 6.45) is 11.1. The molecule has 0 aliphatic rings. The fraction of sp³-hybridized carbons (Fsp3) is 0.750. The van der Waals surface area contributed by atoms with Gasteiger partial charge in [-0.05, 0) is 12.8 Å². The molecule has 0 spiro atoms. The average molecular weight is 383 g/mol. The Hall–Kier alpha value is -0.700. The molecule has 0 aliphatic heterocycles. The van der Waals surface area contributed by atoms with Crippen LogP contribution in [0.2, 0.25) is 0 Å². The van der Waals surface area contributed by atoms with Gasteiger partial charge in [0, 0.05) is 0 Å². The second-order valence-electron chi connectivity index (χ2n) is 5.36. The molecule has 0 bridgehead atoms. The van der Waals surface area contributed by atoms with Gasteiger partial charge in [-0.2, -0.15) is 16.8 Å². The van der Waals surface area contributed by atoms with Crippen molar-refractivity contribution in [1.29, 1.82) is 0 Å². The molecule has 142 valence electrons. The molecular formula is C16H30O6S2. The summed E-state index contributed by atoms with van der Waals surface area (Å²) in [6.45, 7) is 3.94. The van der Waals surface area contributed by atoms with Crippen LogP contribution in [0.15, 0.2) is 24.3 Å². The van der Waals surface area contributed by atoms with Crippen molar-refractivity contribution in [3.05, 3.63) is 24.3 Å². The Balaban J connectivity index is 3.89. The number of rotatable bonds is 15. The van der Waals surface area contributed by atoms with Crippen LogP contribution < -0.4 is 0 Å². The van der Waals surface area contributed by atoms with Crippen LogP contribution in [0.4, 0.5) is 0 Å². The molecule has 0 saturated heterocycles. The van der Waals surface area contributed by atoms with Crippen LogP contribution in [0.5, 0.6) is 0 Å². The van der Waals surface area contributed by atoms with Gasteiger partial charge in [0.2, 0.25) is 0 Å². The van der Waals surface area contributed by atoms with Gasteiger partial charge in [0.05, 0.1) is 24.7 Å². The molecule has 0 N–H and O–H groups in total. The minimum atomic E-state index is -3.46. The molecular weight excluding hydrogens is 352 g/mol. The van der Waals surface area contributed by atoms with E-state index in [1.807, 2.05) is 13.8 Å². The zero-order chi connectivity index (χ0) is 18.3. The monoisotopic (exact) mass is 382 g/mol.